The van der Waals surface area contributed by atoms with Crippen LogP contribution in [0.25, 0.3) is 5.69 Å². The Hall–Kier alpha value is -3.19. The van der Waals surface area contributed by atoms with Crippen molar-refractivity contribution in [2.75, 3.05) is 7.11 Å². The highest BCUT2D eigenvalue weighted by atomic mass is 35.5. The Morgan fingerprint density at radius 3 is 2.41 bits per heavy atom. The molecule has 3 rings (SSSR count). The number of aryl methyl sites for hydroxylation is 1. The van der Waals surface area contributed by atoms with E-state index in [1.54, 1.807) is 25.1 Å². The molecular weight excluding hydrogens is 404 g/mol. The van der Waals surface area contributed by atoms with Crippen LogP contribution in [0.4, 0.5) is 8.78 Å². The van der Waals surface area contributed by atoms with E-state index in [9.17, 15) is 18.4 Å². The molecule has 0 saturated carbocycles. The van der Waals surface area contributed by atoms with Gasteiger partial charge < -0.3 is 9.47 Å². The minimum atomic E-state index is -0.753. The minimum absolute atomic E-state index is 0.0836. The number of nitrogens with zero attached hydrogens (tertiary/aromatic N) is 1. The first kappa shape index (κ1) is 20.5. The Balaban J connectivity index is 1.90. The predicted molar refractivity (Wildman–Crippen MR) is 104 cm³/mol. The van der Waals surface area contributed by atoms with Crippen molar-refractivity contribution in [3.8, 4) is 11.4 Å². The number of halogens is 3. The van der Waals surface area contributed by atoms with E-state index < -0.39 is 23.2 Å². The summed E-state index contributed by atoms with van der Waals surface area (Å²) in [5.41, 5.74) is 0.946. The Morgan fingerprint density at radius 2 is 1.79 bits per heavy atom. The van der Waals surface area contributed by atoms with Crippen molar-refractivity contribution in [1.82, 2.24) is 4.57 Å². The van der Waals surface area contributed by atoms with Crippen LogP contribution in [0.1, 0.15) is 21.6 Å². The van der Waals surface area contributed by atoms with Crippen LogP contribution in [0.3, 0.4) is 0 Å². The van der Waals surface area contributed by atoms with Gasteiger partial charge in [0.1, 0.15) is 29.0 Å². The molecule has 0 aliphatic carbocycles. The Morgan fingerprint density at radius 1 is 1.10 bits per heavy atom. The summed E-state index contributed by atoms with van der Waals surface area (Å²) in [6.07, 6.45) is 0. The molecule has 0 atom stereocenters. The third-order valence-electron chi connectivity index (χ3n) is 4.24. The summed E-state index contributed by atoms with van der Waals surface area (Å²) < 4.78 is 38.3. The standard InChI is InChI=1S/C21H16ClF2NO4/c1-12-9-18(29-11-14-3-6-15(23)10-17(14)24)19(22)20(26)25(12)16-7-4-13(5-8-16)21(27)28-2/h3-10H,11H2,1-2H3. The monoisotopic (exact) mass is 419 g/mol. The van der Waals surface area contributed by atoms with Gasteiger partial charge in [0.05, 0.1) is 12.7 Å². The molecule has 0 aliphatic rings. The summed E-state index contributed by atoms with van der Waals surface area (Å²) in [7, 11) is 1.28. The van der Waals surface area contributed by atoms with Crippen LogP contribution < -0.4 is 10.3 Å². The number of pyridine rings is 1. The Kier molecular flexibility index (Phi) is 5.98. The highest BCUT2D eigenvalue weighted by molar-refractivity contribution is 6.31. The second-order valence-corrected chi connectivity index (χ2v) is 6.55. The van der Waals surface area contributed by atoms with E-state index in [0.717, 1.165) is 12.1 Å². The molecule has 1 aromatic heterocycles. The summed E-state index contributed by atoms with van der Waals surface area (Å²) in [5, 5.41) is -0.185. The zero-order valence-electron chi connectivity index (χ0n) is 15.5. The molecular formula is C21H16ClF2NO4. The van der Waals surface area contributed by atoms with Crippen molar-refractivity contribution in [3.05, 3.63) is 92.4 Å². The fraction of sp³-hybridized carbons (Fsp3) is 0.143. The number of ether oxygens (including phenoxy) is 2. The summed E-state index contributed by atoms with van der Waals surface area (Å²) in [6.45, 7) is 1.46. The van der Waals surface area contributed by atoms with E-state index in [1.807, 2.05) is 0 Å². The molecule has 0 N–H and O–H groups in total. The Bertz CT molecular complexity index is 1130. The van der Waals surface area contributed by atoms with Crippen LogP contribution in [-0.2, 0) is 11.3 Å². The molecule has 0 fully saturated rings. The number of methoxy groups -OCH3 is 1. The lowest BCUT2D eigenvalue weighted by molar-refractivity contribution is 0.0600. The first-order valence-electron chi connectivity index (χ1n) is 8.49. The van der Waals surface area contributed by atoms with Gasteiger partial charge in [-0.3, -0.25) is 9.36 Å². The van der Waals surface area contributed by atoms with Crippen LogP contribution in [0, 0.1) is 18.6 Å². The smallest absolute Gasteiger partial charge is 0.337 e. The third-order valence-corrected chi connectivity index (χ3v) is 4.59. The number of carbonyl (C=O) groups is 1. The topological polar surface area (TPSA) is 57.5 Å². The van der Waals surface area contributed by atoms with Crippen LogP contribution >= 0.6 is 11.6 Å². The molecule has 0 radical (unpaired) electrons. The Labute approximate surface area is 170 Å². The second-order valence-electron chi connectivity index (χ2n) is 6.17. The second kappa shape index (κ2) is 8.45. The molecule has 2 aromatic carbocycles. The molecule has 3 aromatic rings. The lowest BCUT2D eigenvalue weighted by atomic mass is 10.2. The van der Waals surface area contributed by atoms with Crippen LogP contribution in [0.5, 0.6) is 5.75 Å². The fourth-order valence-electron chi connectivity index (χ4n) is 2.77. The number of esters is 1. The third kappa shape index (κ3) is 4.30. The SMILES string of the molecule is COC(=O)c1ccc(-n2c(C)cc(OCc3ccc(F)cc3F)c(Cl)c2=O)cc1. The number of rotatable bonds is 5. The lowest BCUT2D eigenvalue weighted by Gasteiger charge is -2.15. The maximum absolute atomic E-state index is 13.8. The van der Waals surface area contributed by atoms with Crippen molar-refractivity contribution in [2.24, 2.45) is 0 Å². The molecule has 0 saturated heterocycles. The highest BCUT2D eigenvalue weighted by Gasteiger charge is 2.15. The zero-order chi connectivity index (χ0) is 21.1. The van der Waals surface area contributed by atoms with Gasteiger partial charge in [0.15, 0.2) is 0 Å². The molecule has 0 amide bonds. The van der Waals surface area contributed by atoms with Gasteiger partial charge in [-0.05, 0) is 43.3 Å². The van der Waals surface area contributed by atoms with E-state index in [2.05, 4.69) is 4.74 Å². The summed E-state index contributed by atoms with van der Waals surface area (Å²) in [5.74, 6) is -1.85. The zero-order valence-corrected chi connectivity index (χ0v) is 16.3. The van der Waals surface area contributed by atoms with Crippen LogP contribution in [0.2, 0.25) is 5.02 Å². The molecule has 0 unspecified atom stereocenters. The first-order valence-corrected chi connectivity index (χ1v) is 8.87. The van der Waals surface area contributed by atoms with E-state index in [1.165, 1.54) is 29.9 Å². The van der Waals surface area contributed by atoms with E-state index >= 15 is 0 Å². The normalized spacial score (nSPS) is 10.7. The quantitative estimate of drug-likeness (QED) is 0.573. The van der Waals surface area contributed by atoms with Gasteiger partial charge in [-0.2, -0.15) is 0 Å². The summed E-state index contributed by atoms with van der Waals surface area (Å²) in [6, 6.07) is 10.9. The van der Waals surface area contributed by atoms with Gasteiger partial charge in [0, 0.05) is 29.1 Å². The lowest BCUT2D eigenvalue weighted by Crippen LogP contribution is -2.22. The first-order chi connectivity index (χ1) is 13.8. The average Bonchev–Trinajstić information content (AvgIpc) is 2.70. The number of benzene rings is 2. The molecule has 29 heavy (non-hydrogen) atoms. The maximum Gasteiger partial charge on any atom is 0.337 e. The van der Waals surface area contributed by atoms with Gasteiger partial charge in [0.2, 0.25) is 0 Å². The molecule has 0 spiro atoms. The van der Waals surface area contributed by atoms with Crippen molar-refractivity contribution in [2.45, 2.75) is 13.5 Å². The maximum atomic E-state index is 13.8. The minimum Gasteiger partial charge on any atom is -0.487 e. The van der Waals surface area contributed by atoms with Crippen molar-refractivity contribution >= 4 is 17.6 Å². The van der Waals surface area contributed by atoms with E-state index in [0.29, 0.717) is 16.9 Å². The van der Waals surface area contributed by atoms with Crippen molar-refractivity contribution in [1.29, 1.82) is 0 Å². The fourth-order valence-corrected chi connectivity index (χ4v) is 2.96. The summed E-state index contributed by atoms with van der Waals surface area (Å²) >= 11 is 6.17. The number of hydrogen-bond donors (Lipinski definition) is 0. The summed E-state index contributed by atoms with van der Waals surface area (Å²) in [4.78, 5) is 24.3. The van der Waals surface area contributed by atoms with Gasteiger partial charge in [0.25, 0.3) is 5.56 Å². The molecule has 0 aliphatic heterocycles. The van der Waals surface area contributed by atoms with Gasteiger partial charge in [-0.25, -0.2) is 13.6 Å². The largest absolute Gasteiger partial charge is 0.487 e. The van der Waals surface area contributed by atoms with Gasteiger partial charge in [-0.1, -0.05) is 11.6 Å². The van der Waals surface area contributed by atoms with Gasteiger partial charge >= 0.3 is 5.97 Å². The van der Waals surface area contributed by atoms with Crippen LogP contribution in [-0.4, -0.2) is 17.6 Å². The molecule has 150 valence electrons. The number of aromatic nitrogens is 1. The molecule has 0 bridgehead atoms. The van der Waals surface area contributed by atoms with Crippen molar-refractivity contribution < 1.29 is 23.0 Å². The number of hydrogen-bond acceptors (Lipinski definition) is 4. The average molecular weight is 420 g/mol. The molecule has 1 heterocycles. The number of carbonyl (C=O) groups excluding carboxylic acids is 1. The van der Waals surface area contributed by atoms with E-state index in [4.69, 9.17) is 16.3 Å². The highest BCUT2D eigenvalue weighted by Crippen LogP contribution is 2.25. The molecule has 8 heteroatoms. The van der Waals surface area contributed by atoms with E-state index in [-0.39, 0.29) is 22.9 Å². The van der Waals surface area contributed by atoms with Gasteiger partial charge in [-0.15, -0.1) is 0 Å². The van der Waals surface area contributed by atoms with Crippen LogP contribution in [0.15, 0.2) is 53.3 Å². The van der Waals surface area contributed by atoms with Crippen molar-refractivity contribution in [3.63, 3.8) is 0 Å². The molecule has 5 nitrogen and oxygen atoms in total. The predicted octanol–water partition coefficient (Wildman–Crippen LogP) is 4.44.